The predicted molar refractivity (Wildman–Crippen MR) is 81.8 cm³/mol. The third-order valence-corrected chi connectivity index (χ3v) is 3.88. The van der Waals surface area contributed by atoms with E-state index in [0.717, 1.165) is 0 Å². The molecule has 0 bridgehead atoms. The van der Waals surface area contributed by atoms with E-state index in [2.05, 4.69) is 15.5 Å². The average molecular weight is 364 g/mol. The lowest BCUT2D eigenvalue weighted by Crippen LogP contribution is -2.26. The first-order valence-electron chi connectivity index (χ1n) is 7.35. The molecule has 1 N–H and O–H groups in total. The number of amides is 1. The zero-order chi connectivity index (χ0) is 17.9. The fourth-order valence-electron chi connectivity index (χ4n) is 2.10. The summed E-state index contributed by atoms with van der Waals surface area (Å²) in [5.74, 6) is -0.326. The molecular formula is C14H17ClF3N5O. The Bertz CT molecular complexity index is 723. The SMILES string of the molecule is CCn1ccc(C(=O)NCCCn2nc(C(F)(F)F)c(Cl)c2C)n1. The van der Waals surface area contributed by atoms with Crippen LogP contribution in [0.1, 0.15) is 35.2 Å². The minimum Gasteiger partial charge on any atom is -0.351 e. The van der Waals surface area contributed by atoms with Gasteiger partial charge >= 0.3 is 6.18 Å². The number of aromatic nitrogens is 4. The number of hydrogen-bond acceptors (Lipinski definition) is 3. The van der Waals surface area contributed by atoms with E-state index in [1.165, 1.54) is 11.6 Å². The van der Waals surface area contributed by atoms with Crippen molar-refractivity contribution in [3.63, 3.8) is 0 Å². The lowest BCUT2D eigenvalue weighted by Gasteiger charge is -2.06. The summed E-state index contributed by atoms with van der Waals surface area (Å²) in [6, 6.07) is 1.60. The van der Waals surface area contributed by atoms with Gasteiger partial charge < -0.3 is 5.32 Å². The number of carbonyl (C=O) groups excluding carboxylic acids is 1. The highest BCUT2D eigenvalue weighted by Gasteiger charge is 2.38. The normalized spacial score (nSPS) is 11.8. The van der Waals surface area contributed by atoms with Crippen LogP contribution in [0.15, 0.2) is 12.3 Å². The third kappa shape index (κ3) is 4.08. The molecule has 0 aliphatic heterocycles. The number of halogens is 4. The third-order valence-electron chi connectivity index (χ3n) is 3.43. The summed E-state index contributed by atoms with van der Waals surface area (Å²) in [4.78, 5) is 11.9. The highest BCUT2D eigenvalue weighted by Crippen LogP contribution is 2.35. The molecule has 2 aromatic heterocycles. The second kappa shape index (κ2) is 7.25. The van der Waals surface area contributed by atoms with Gasteiger partial charge in [-0.05, 0) is 26.3 Å². The molecule has 0 saturated carbocycles. The lowest BCUT2D eigenvalue weighted by atomic mass is 10.3. The standard InChI is InChI=1S/C14H17ClF3N5O/c1-3-22-8-5-10(20-22)13(24)19-6-4-7-23-9(2)11(15)12(21-23)14(16,17)18/h5,8H,3-4,6-7H2,1-2H3,(H,19,24). The van der Waals surface area contributed by atoms with Crippen LogP contribution in [0, 0.1) is 6.92 Å². The summed E-state index contributed by atoms with van der Waals surface area (Å²) >= 11 is 5.67. The zero-order valence-electron chi connectivity index (χ0n) is 13.2. The summed E-state index contributed by atoms with van der Waals surface area (Å²) in [5.41, 5.74) is -0.540. The summed E-state index contributed by atoms with van der Waals surface area (Å²) in [7, 11) is 0. The van der Waals surface area contributed by atoms with Crippen LogP contribution in [-0.2, 0) is 19.3 Å². The van der Waals surface area contributed by atoms with Crippen molar-refractivity contribution >= 4 is 17.5 Å². The minimum atomic E-state index is -4.58. The first kappa shape index (κ1) is 18.3. The van der Waals surface area contributed by atoms with Crippen LogP contribution in [0.3, 0.4) is 0 Å². The molecule has 132 valence electrons. The molecule has 2 rings (SSSR count). The van der Waals surface area contributed by atoms with Crippen molar-refractivity contribution in [1.29, 1.82) is 0 Å². The molecule has 0 saturated heterocycles. The molecule has 0 atom stereocenters. The van der Waals surface area contributed by atoms with Gasteiger partial charge in [-0.2, -0.15) is 23.4 Å². The Morgan fingerprint density at radius 2 is 2.08 bits per heavy atom. The Labute approximate surface area is 141 Å². The molecule has 2 heterocycles. The summed E-state index contributed by atoms with van der Waals surface area (Å²) in [6.45, 7) is 4.54. The number of nitrogens with zero attached hydrogens (tertiary/aromatic N) is 4. The Hall–Kier alpha value is -2.03. The maximum Gasteiger partial charge on any atom is 0.436 e. The predicted octanol–water partition coefficient (Wildman–Crippen LogP) is 2.90. The van der Waals surface area contributed by atoms with E-state index in [-0.39, 0.29) is 24.7 Å². The van der Waals surface area contributed by atoms with Crippen molar-refractivity contribution in [2.45, 2.75) is 39.5 Å². The highest BCUT2D eigenvalue weighted by molar-refractivity contribution is 6.31. The molecule has 0 aliphatic rings. The van der Waals surface area contributed by atoms with Crippen molar-refractivity contribution in [2.24, 2.45) is 0 Å². The van der Waals surface area contributed by atoms with E-state index >= 15 is 0 Å². The second-order valence-electron chi connectivity index (χ2n) is 5.14. The first-order chi connectivity index (χ1) is 11.2. The van der Waals surface area contributed by atoms with E-state index in [9.17, 15) is 18.0 Å². The van der Waals surface area contributed by atoms with Gasteiger partial charge in [-0.1, -0.05) is 11.6 Å². The molecule has 2 aromatic rings. The van der Waals surface area contributed by atoms with Gasteiger partial charge in [0, 0.05) is 25.8 Å². The van der Waals surface area contributed by atoms with Crippen molar-refractivity contribution < 1.29 is 18.0 Å². The lowest BCUT2D eigenvalue weighted by molar-refractivity contribution is -0.141. The molecule has 0 radical (unpaired) electrons. The summed E-state index contributed by atoms with van der Waals surface area (Å²) < 4.78 is 41.0. The van der Waals surface area contributed by atoms with Crippen LogP contribution in [0.25, 0.3) is 0 Å². The fraction of sp³-hybridized carbons (Fsp3) is 0.500. The van der Waals surface area contributed by atoms with E-state index in [1.807, 2.05) is 6.92 Å². The monoisotopic (exact) mass is 363 g/mol. The quantitative estimate of drug-likeness (QED) is 0.803. The van der Waals surface area contributed by atoms with Crippen LogP contribution in [0.2, 0.25) is 5.02 Å². The smallest absolute Gasteiger partial charge is 0.351 e. The van der Waals surface area contributed by atoms with E-state index < -0.39 is 16.9 Å². The van der Waals surface area contributed by atoms with Crippen molar-refractivity contribution in [3.8, 4) is 0 Å². The zero-order valence-corrected chi connectivity index (χ0v) is 13.9. The summed E-state index contributed by atoms with van der Waals surface area (Å²) in [5, 5.41) is 9.84. The second-order valence-corrected chi connectivity index (χ2v) is 5.51. The number of nitrogens with one attached hydrogen (secondary N) is 1. The van der Waals surface area contributed by atoms with Crippen LogP contribution in [0.5, 0.6) is 0 Å². The number of hydrogen-bond donors (Lipinski definition) is 1. The Balaban J connectivity index is 1.87. The molecule has 10 heteroatoms. The molecule has 1 amide bonds. The van der Waals surface area contributed by atoms with Gasteiger partial charge in [0.25, 0.3) is 5.91 Å². The van der Waals surface area contributed by atoms with Crippen LogP contribution >= 0.6 is 11.6 Å². The topological polar surface area (TPSA) is 64.7 Å². The largest absolute Gasteiger partial charge is 0.436 e. The molecule has 0 unspecified atom stereocenters. The van der Waals surface area contributed by atoms with Gasteiger partial charge in [0.05, 0.1) is 10.7 Å². The van der Waals surface area contributed by atoms with Gasteiger partial charge in [0.1, 0.15) is 5.69 Å². The van der Waals surface area contributed by atoms with Gasteiger partial charge in [-0.25, -0.2) is 0 Å². The van der Waals surface area contributed by atoms with Crippen molar-refractivity contribution in [1.82, 2.24) is 24.9 Å². The Kier molecular flexibility index (Phi) is 5.53. The molecule has 0 fully saturated rings. The maximum atomic E-state index is 12.7. The Morgan fingerprint density at radius 3 is 2.62 bits per heavy atom. The number of aryl methyl sites for hydroxylation is 2. The van der Waals surface area contributed by atoms with Crippen LogP contribution < -0.4 is 5.32 Å². The van der Waals surface area contributed by atoms with Crippen LogP contribution in [-0.4, -0.2) is 32.0 Å². The highest BCUT2D eigenvalue weighted by atomic mass is 35.5. The number of alkyl halides is 3. The number of carbonyl (C=O) groups is 1. The Morgan fingerprint density at radius 1 is 1.38 bits per heavy atom. The fourth-order valence-corrected chi connectivity index (χ4v) is 2.35. The summed E-state index contributed by atoms with van der Waals surface area (Å²) in [6.07, 6.45) is -2.47. The van der Waals surface area contributed by atoms with Crippen molar-refractivity contribution in [2.75, 3.05) is 6.54 Å². The molecule has 0 aliphatic carbocycles. The van der Waals surface area contributed by atoms with Crippen molar-refractivity contribution in [3.05, 3.63) is 34.4 Å². The van der Waals surface area contributed by atoms with E-state index in [0.29, 0.717) is 18.7 Å². The number of rotatable bonds is 6. The van der Waals surface area contributed by atoms with Gasteiger partial charge in [-0.3, -0.25) is 14.2 Å². The van der Waals surface area contributed by atoms with Gasteiger partial charge in [-0.15, -0.1) is 0 Å². The van der Waals surface area contributed by atoms with Gasteiger partial charge in [0.2, 0.25) is 0 Å². The molecule has 0 spiro atoms. The van der Waals surface area contributed by atoms with Crippen LogP contribution in [0.4, 0.5) is 13.2 Å². The maximum absolute atomic E-state index is 12.7. The average Bonchev–Trinajstić information content (AvgIpc) is 3.10. The molecule has 24 heavy (non-hydrogen) atoms. The van der Waals surface area contributed by atoms with E-state index in [1.54, 1.807) is 16.9 Å². The first-order valence-corrected chi connectivity index (χ1v) is 7.73. The van der Waals surface area contributed by atoms with Gasteiger partial charge in [0.15, 0.2) is 5.69 Å². The minimum absolute atomic E-state index is 0.214. The van der Waals surface area contributed by atoms with E-state index in [4.69, 9.17) is 11.6 Å². The molecular weight excluding hydrogens is 347 g/mol. The molecule has 6 nitrogen and oxygen atoms in total. The molecule has 0 aromatic carbocycles.